The van der Waals surface area contributed by atoms with E-state index in [1.165, 1.54) is 18.2 Å². The van der Waals surface area contributed by atoms with Gasteiger partial charge in [-0.3, -0.25) is 0 Å². The van der Waals surface area contributed by atoms with E-state index in [0.717, 1.165) is 5.57 Å². The lowest BCUT2D eigenvalue weighted by Crippen LogP contribution is -2.09. The zero-order chi connectivity index (χ0) is 11.4. The quantitative estimate of drug-likeness (QED) is 0.749. The van der Waals surface area contributed by atoms with Gasteiger partial charge in [-0.2, -0.15) is 0 Å². The maximum atomic E-state index is 13.3. The number of rotatable bonds is 4. The van der Waals surface area contributed by atoms with Crippen LogP contribution in [0, 0.1) is 5.82 Å². The van der Waals surface area contributed by atoms with Gasteiger partial charge in [0, 0.05) is 6.54 Å². The Morgan fingerprint density at radius 3 is 2.80 bits per heavy atom. The number of aromatic carboxylic acids is 1. The molecule has 0 fully saturated rings. The number of benzene rings is 1. The SMILES string of the molecule is C=C(C)CNc1c(F)cccc1C(=O)O. The maximum Gasteiger partial charge on any atom is 0.337 e. The minimum atomic E-state index is -1.15. The molecule has 0 spiro atoms. The van der Waals surface area contributed by atoms with E-state index in [4.69, 9.17) is 5.11 Å². The van der Waals surface area contributed by atoms with Crippen molar-refractivity contribution in [3.8, 4) is 0 Å². The Kier molecular flexibility index (Phi) is 3.44. The number of hydrogen-bond acceptors (Lipinski definition) is 2. The van der Waals surface area contributed by atoms with Crippen molar-refractivity contribution in [2.75, 3.05) is 11.9 Å². The number of carboxylic acids is 1. The van der Waals surface area contributed by atoms with Crippen molar-refractivity contribution in [3.05, 3.63) is 41.7 Å². The molecule has 0 radical (unpaired) electrons. The molecule has 1 aromatic carbocycles. The standard InChI is InChI=1S/C11H12FNO2/c1-7(2)6-13-10-8(11(14)15)4-3-5-9(10)12/h3-5,13H,1,6H2,2H3,(H,14,15). The van der Waals surface area contributed by atoms with Gasteiger partial charge in [0.2, 0.25) is 0 Å². The first-order valence-electron chi connectivity index (χ1n) is 4.42. The highest BCUT2D eigenvalue weighted by atomic mass is 19.1. The Hall–Kier alpha value is -1.84. The summed E-state index contributed by atoms with van der Waals surface area (Å²) >= 11 is 0. The summed E-state index contributed by atoms with van der Waals surface area (Å²) in [6.07, 6.45) is 0. The zero-order valence-corrected chi connectivity index (χ0v) is 8.38. The van der Waals surface area contributed by atoms with Gasteiger partial charge in [0.15, 0.2) is 0 Å². The first-order chi connectivity index (χ1) is 7.02. The van der Waals surface area contributed by atoms with Crippen LogP contribution >= 0.6 is 0 Å². The Labute approximate surface area is 87.2 Å². The summed E-state index contributed by atoms with van der Waals surface area (Å²) in [7, 11) is 0. The lowest BCUT2D eigenvalue weighted by atomic mass is 10.1. The molecular weight excluding hydrogens is 197 g/mol. The van der Waals surface area contributed by atoms with E-state index in [-0.39, 0.29) is 11.3 Å². The molecule has 3 nitrogen and oxygen atoms in total. The van der Waals surface area contributed by atoms with Crippen molar-refractivity contribution in [2.24, 2.45) is 0 Å². The van der Waals surface area contributed by atoms with E-state index >= 15 is 0 Å². The molecule has 0 aromatic heterocycles. The number of anilines is 1. The van der Waals surface area contributed by atoms with Crippen LogP contribution < -0.4 is 5.32 Å². The van der Waals surface area contributed by atoms with Crippen LogP contribution in [0.1, 0.15) is 17.3 Å². The number of carbonyl (C=O) groups is 1. The zero-order valence-electron chi connectivity index (χ0n) is 8.38. The minimum absolute atomic E-state index is 0.00741. The second-order valence-corrected chi connectivity index (χ2v) is 3.28. The van der Waals surface area contributed by atoms with Crippen molar-refractivity contribution < 1.29 is 14.3 Å². The van der Waals surface area contributed by atoms with Crippen LogP contribution in [0.15, 0.2) is 30.4 Å². The second-order valence-electron chi connectivity index (χ2n) is 3.28. The fraction of sp³-hybridized carbons (Fsp3) is 0.182. The van der Waals surface area contributed by atoms with E-state index in [1.807, 2.05) is 0 Å². The van der Waals surface area contributed by atoms with E-state index in [0.29, 0.717) is 6.54 Å². The van der Waals surface area contributed by atoms with Crippen LogP contribution in [0.25, 0.3) is 0 Å². The molecule has 15 heavy (non-hydrogen) atoms. The number of hydrogen-bond donors (Lipinski definition) is 2. The molecule has 0 amide bonds. The number of nitrogens with one attached hydrogen (secondary N) is 1. The molecule has 0 bridgehead atoms. The molecule has 0 heterocycles. The fourth-order valence-corrected chi connectivity index (χ4v) is 1.12. The van der Waals surface area contributed by atoms with Crippen LogP contribution in [0.4, 0.5) is 10.1 Å². The molecule has 0 aliphatic carbocycles. The Balaban J connectivity index is 3.02. The maximum absolute atomic E-state index is 13.3. The van der Waals surface area contributed by atoms with Crippen molar-refractivity contribution in [1.29, 1.82) is 0 Å². The largest absolute Gasteiger partial charge is 0.478 e. The van der Waals surface area contributed by atoms with Crippen molar-refractivity contribution in [3.63, 3.8) is 0 Å². The van der Waals surface area contributed by atoms with E-state index < -0.39 is 11.8 Å². The van der Waals surface area contributed by atoms with Gasteiger partial charge < -0.3 is 10.4 Å². The van der Waals surface area contributed by atoms with Crippen molar-refractivity contribution in [2.45, 2.75) is 6.92 Å². The first-order valence-corrected chi connectivity index (χ1v) is 4.42. The van der Waals surface area contributed by atoms with Crippen LogP contribution in [0.3, 0.4) is 0 Å². The third-order valence-corrected chi connectivity index (χ3v) is 1.81. The molecule has 2 N–H and O–H groups in total. The van der Waals surface area contributed by atoms with Gasteiger partial charge in [0.1, 0.15) is 5.82 Å². The predicted molar refractivity (Wildman–Crippen MR) is 56.7 cm³/mol. The van der Waals surface area contributed by atoms with Crippen molar-refractivity contribution in [1.82, 2.24) is 0 Å². The topological polar surface area (TPSA) is 49.3 Å². The lowest BCUT2D eigenvalue weighted by molar-refractivity contribution is 0.0697. The monoisotopic (exact) mass is 209 g/mol. The molecule has 1 rings (SSSR count). The highest BCUT2D eigenvalue weighted by Gasteiger charge is 2.13. The molecule has 1 aromatic rings. The van der Waals surface area contributed by atoms with Crippen molar-refractivity contribution >= 4 is 11.7 Å². The number of para-hydroxylation sites is 1. The summed E-state index contributed by atoms with van der Waals surface area (Å²) in [6.45, 7) is 5.76. The van der Waals surface area contributed by atoms with Crippen LogP contribution in [0.2, 0.25) is 0 Å². The lowest BCUT2D eigenvalue weighted by Gasteiger charge is -2.10. The third-order valence-electron chi connectivity index (χ3n) is 1.81. The van der Waals surface area contributed by atoms with Gasteiger partial charge in [-0.15, -0.1) is 0 Å². The molecule has 0 aliphatic heterocycles. The fourth-order valence-electron chi connectivity index (χ4n) is 1.12. The Bertz CT molecular complexity index is 402. The molecule has 0 aliphatic rings. The molecular formula is C11H12FNO2. The highest BCUT2D eigenvalue weighted by Crippen LogP contribution is 2.19. The summed E-state index contributed by atoms with van der Waals surface area (Å²) in [5.74, 6) is -1.73. The molecule has 4 heteroatoms. The van der Waals surface area contributed by atoms with Crippen LogP contribution in [-0.4, -0.2) is 17.6 Å². The van der Waals surface area contributed by atoms with E-state index in [9.17, 15) is 9.18 Å². The van der Waals surface area contributed by atoms with E-state index in [2.05, 4.69) is 11.9 Å². The predicted octanol–water partition coefficient (Wildman–Crippen LogP) is 2.51. The molecule has 0 atom stereocenters. The molecule has 80 valence electrons. The van der Waals surface area contributed by atoms with Gasteiger partial charge >= 0.3 is 5.97 Å². The summed E-state index contributed by atoms with van der Waals surface area (Å²) in [5.41, 5.74) is 0.735. The average Bonchev–Trinajstić information content (AvgIpc) is 2.15. The molecule has 0 saturated carbocycles. The Morgan fingerprint density at radius 1 is 1.60 bits per heavy atom. The van der Waals surface area contributed by atoms with Gasteiger partial charge in [-0.25, -0.2) is 9.18 Å². The minimum Gasteiger partial charge on any atom is -0.478 e. The van der Waals surface area contributed by atoms with Crippen LogP contribution in [-0.2, 0) is 0 Å². The smallest absolute Gasteiger partial charge is 0.337 e. The second kappa shape index (κ2) is 4.59. The van der Waals surface area contributed by atoms with Gasteiger partial charge in [0.05, 0.1) is 11.3 Å². The molecule has 0 saturated heterocycles. The van der Waals surface area contributed by atoms with Gasteiger partial charge in [-0.05, 0) is 19.1 Å². The number of carboxylic acid groups (broad SMARTS) is 1. The first kappa shape index (κ1) is 11.2. The Morgan fingerprint density at radius 2 is 2.27 bits per heavy atom. The summed E-state index contributed by atoms with van der Waals surface area (Å²) < 4.78 is 13.3. The van der Waals surface area contributed by atoms with E-state index in [1.54, 1.807) is 6.92 Å². The molecule has 0 unspecified atom stereocenters. The summed E-state index contributed by atoms with van der Waals surface area (Å²) in [6, 6.07) is 3.93. The third kappa shape index (κ3) is 2.80. The van der Waals surface area contributed by atoms with Gasteiger partial charge in [0.25, 0.3) is 0 Å². The van der Waals surface area contributed by atoms with Crippen LogP contribution in [0.5, 0.6) is 0 Å². The normalized spacial score (nSPS) is 9.73. The average molecular weight is 209 g/mol. The summed E-state index contributed by atoms with van der Waals surface area (Å²) in [5, 5.41) is 11.5. The van der Waals surface area contributed by atoms with Gasteiger partial charge in [-0.1, -0.05) is 18.2 Å². The number of halogens is 1. The highest BCUT2D eigenvalue weighted by molar-refractivity contribution is 5.94. The summed E-state index contributed by atoms with van der Waals surface area (Å²) in [4.78, 5) is 10.8.